The summed E-state index contributed by atoms with van der Waals surface area (Å²) in [4.78, 5) is 0. The molecule has 2 rings (SSSR count). The van der Waals surface area contributed by atoms with Crippen LogP contribution >= 0.6 is 0 Å². The molecule has 2 N–H and O–H groups in total. The number of hydrogen-bond acceptors (Lipinski definition) is 3. The molecule has 3 nitrogen and oxygen atoms in total. The minimum atomic E-state index is 0.332. The lowest BCUT2D eigenvalue weighted by Crippen LogP contribution is -2.38. The number of rotatable bonds is 1. The Hall–Kier alpha value is -1.12. The van der Waals surface area contributed by atoms with Crippen LogP contribution in [-0.2, 0) is 4.74 Å². The Morgan fingerprint density at radius 1 is 1.30 bits per heavy atom. The van der Waals surface area contributed by atoms with Gasteiger partial charge in [0.05, 0.1) is 18.8 Å². The summed E-state index contributed by atoms with van der Waals surface area (Å²) >= 11 is 0. The van der Waals surface area contributed by atoms with E-state index in [1.165, 1.54) is 0 Å². The average Bonchev–Trinajstić information content (AvgIpc) is 2.59. The summed E-state index contributed by atoms with van der Waals surface area (Å²) in [6, 6.07) is 0. The largest absolute Gasteiger partial charge is 0.501 e. The number of hydrogen-bond donors (Lipinski definition) is 2. The van der Waals surface area contributed by atoms with Crippen molar-refractivity contribution >= 4 is 0 Å². The van der Waals surface area contributed by atoms with Crippen LogP contribution in [0.15, 0.2) is 24.7 Å². The molecule has 0 aromatic heterocycles. The van der Waals surface area contributed by atoms with Gasteiger partial charge in [-0.1, -0.05) is 0 Å². The fourth-order valence-electron chi connectivity index (χ4n) is 1.18. The highest BCUT2D eigenvalue weighted by atomic mass is 16.5. The molecule has 1 atom stereocenters. The van der Waals surface area contributed by atoms with Gasteiger partial charge in [-0.25, -0.2) is 0 Å². The van der Waals surface area contributed by atoms with Crippen LogP contribution in [0.4, 0.5) is 0 Å². The van der Waals surface area contributed by atoms with E-state index in [2.05, 4.69) is 16.7 Å². The van der Waals surface area contributed by atoms with Gasteiger partial charge < -0.3 is 15.4 Å². The van der Waals surface area contributed by atoms with Crippen molar-refractivity contribution in [2.75, 3.05) is 6.61 Å². The second kappa shape index (κ2) is 2.25. The first-order valence-corrected chi connectivity index (χ1v) is 3.42. The molecule has 0 amide bonds. The summed E-state index contributed by atoms with van der Waals surface area (Å²) in [5, 5.41) is 6.35. The van der Waals surface area contributed by atoms with Gasteiger partial charge in [-0.05, 0) is 6.08 Å². The monoisotopic (exact) mass is 138 g/mol. The minimum Gasteiger partial charge on any atom is -0.501 e. The molecule has 2 heterocycles. The number of nitrogens with one attached hydrogen (secondary N) is 2. The second-order valence-corrected chi connectivity index (χ2v) is 2.47. The van der Waals surface area contributed by atoms with Gasteiger partial charge in [0.25, 0.3) is 0 Å². The summed E-state index contributed by atoms with van der Waals surface area (Å²) in [6.07, 6.45) is 7.98. The highest BCUT2D eigenvalue weighted by molar-refractivity contribution is 5.02. The van der Waals surface area contributed by atoms with Crippen LogP contribution in [0.25, 0.3) is 0 Å². The molecule has 0 aromatic carbocycles. The zero-order valence-electron chi connectivity index (χ0n) is 5.58. The van der Waals surface area contributed by atoms with Crippen molar-refractivity contribution in [1.29, 1.82) is 0 Å². The predicted octanol–water partition coefficient (Wildman–Crippen LogP) is 0.137. The predicted molar refractivity (Wildman–Crippen MR) is 37.8 cm³/mol. The molecule has 0 spiro atoms. The van der Waals surface area contributed by atoms with E-state index in [0.717, 1.165) is 6.61 Å². The molecular formula is C7H10N2O. The normalized spacial score (nSPS) is 29.8. The molecule has 0 bridgehead atoms. The SMILES string of the molecule is C1=CNC(C2C=COC2)N1. The summed E-state index contributed by atoms with van der Waals surface area (Å²) in [6.45, 7) is 0.784. The quantitative estimate of drug-likeness (QED) is 0.540. The highest BCUT2D eigenvalue weighted by Gasteiger charge is 2.21. The van der Waals surface area contributed by atoms with Gasteiger partial charge in [-0.2, -0.15) is 0 Å². The third-order valence-electron chi connectivity index (χ3n) is 1.77. The molecule has 10 heavy (non-hydrogen) atoms. The first-order valence-electron chi connectivity index (χ1n) is 3.42. The first-order chi connectivity index (χ1) is 4.97. The van der Waals surface area contributed by atoms with Crippen LogP contribution in [0.1, 0.15) is 0 Å². The van der Waals surface area contributed by atoms with Crippen molar-refractivity contribution in [2.24, 2.45) is 5.92 Å². The molecule has 0 aliphatic carbocycles. The van der Waals surface area contributed by atoms with Crippen molar-refractivity contribution in [3.05, 3.63) is 24.7 Å². The van der Waals surface area contributed by atoms with E-state index in [1.54, 1.807) is 6.26 Å². The van der Waals surface area contributed by atoms with Crippen LogP contribution in [0, 0.1) is 5.92 Å². The van der Waals surface area contributed by atoms with Crippen molar-refractivity contribution in [3.63, 3.8) is 0 Å². The van der Waals surface area contributed by atoms with Crippen molar-refractivity contribution in [2.45, 2.75) is 6.17 Å². The van der Waals surface area contributed by atoms with E-state index in [1.807, 2.05) is 12.4 Å². The first kappa shape index (κ1) is 5.65. The van der Waals surface area contributed by atoms with Crippen molar-refractivity contribution in [3.8, 4) is 0 Å². The second-order valence-electron chi connectivity index (χ2n) is 2.47. The van der Waals surface area contributed by atoms with Crippen molar-refractivity contribution < 1.29 is 4.74 Å². The van der Waals surface area contributed by atoms with E-state index in [4.69, 9.17) is 4.74 Å². The molecule has 0 radical (unpaired) electrons. The smallest absolute Gasteiger partial charge is 0.105 e. The summed E-state index contributed by atoms with van der Waals surface area (Å²) in [7, 11) is 0. The fraction of sp³-hybridized carbons (Fsp3) is 0.429. The van der Waals surface area contributed by atoms with E-state index in [0.29, 0.717) is 12.1 Å². The molecule has 2 aliphatic heterocycles. The molecular weight excluding hydrogens is 128 g/mol. The molecule has 1 unspecified atom stereocenters. The van der Waals surface area contributed by atoms with Crippen molar-refractivity contribution in [1.82, 2.24) is 10.6 Å². The lowest BCUT2D eigenvalue weighted by molar-refractivity contribution is 0.226. The third-order valence-corrected chi connectivity index (χ3v) is 1.77. The van der Waals surface area contributed by atoms with Gasteiger partial charge in [0.2, 0.25) is 0 Å². The van der Waals surface area contributed by atoms with Crippen LogP contribution in [0.2, 0.25) is 0 Å². The van der Waals surface area contributed by atoms with Gasteiger partial charge in [-0.15, -0.1) is 0 Å². The lowest BCUT2D eigenvalue weighted by Gasteiger charge is -2.16. The summed E-state index contributed by atoms with van der Waals surface area (Å²) in [5.41, 5.74) is 0. The molecule has 0 fully saturated rings. The molecule has 0 aromatic rings. The Bertz CT molecular complexity index is 168. The zero-order valence-corrected chi connectivity index (χ0v) is 5.58. The molecule has 0 saturated heterocycles. The van der Waals surface area contributed by atoms with Crippen LogP contribution in [-0.4, -0.2) is 12.8 Å². The Morgan fingerprint density at radius 2 is 2.10 bits per heavy atom. The Morgan fingerprint density at radius 3 is 2.70 bits per heavy atom. The van der Waals surface area contributed by atoms with E-state index < -0.39 is 0 Å². The van der Waals surface area contributed by atoms with Crippen LogP contribution in [0.5, 0.6) is 0 Å². The average molecular weight is 138 g/mol. The summed E-state index contributed by atoms with van der Waals surface area (Å²) in [5.74, 6) is 0.468. The standard InChI is InChI=1S/C7H10N2O/c1-4-10-5-6(1)7-8-2-3-9-7/h1-4,6-9H,5H2. The van der Waals surface area contributed by atoms with Gasteiger partial charge >= 0.3 is 0 Å². The maximum absolute atomic E-state index is 5.08. The molecule has 2 aliphatic rings. The van der Waals surface area contributed by atoms with E-state index >= 15 is 0 Å². The highest BCUT2D eigenvalue weighted by Crippen LogP contribution is 2.12. The van der Waals surface area contributed by atoms with Crippen LogP contribution < -0.4 is 10.6 Å². The topological polar surface area (TPSA) is 33.3 Å². The summed E-state index contributed by atoms with van der Waals surface area (Å²) < 4.78 is 5.08. The van der Waals surface area contributed by atoms with E-state index in [9.17, 15) is 0 Å². The molecule has 3 heteroatoms. The maximum Gasteiger partial charge on any atom is 0.105 e. The Labute approximate surface area is 59.8 Å². The van der Waals surface area contributed by atoms with Crippen LogP contribution in [0.3, 0.4) is 0 Å². The van der Waals surface area contributed by atoms with Gasteiger partial charge in [0, 0.05) is 12.4 Å². The van der Waals surface area contributed by atoms with Gasteiger partial charge in [0.1, 0.15) is 6.17 Å². The fourth-order valence-corrected chi connectivity index (χ4v) is 1.18. The molecule has 0 saturated carbocycles. The molecule has 54 valence electrons. The number of ether oxygens (including phenoxy) is 1. The lowest BCUT2D eigenvalue weighted by atomic mass is 10.1. The zero-order chi connectivity index (χ0) is 6.81. The van der Waals surface area contributed by atoms with E-state index in [-0.39, 0.29) is 0 Å². The Balaban J connectivity index is 1.93. The minimum absolute atomic E-state index is 0.332. The maximum atomic E-state index is 5.08. The Kier molecular flexibility index (Phi) is 1.27. The van der Waals surface area contributed by atoms with Gasteiger partial charge in [-0.3, -0.25) is 0 Å². The third kappa shape index (κ3) is 0.835. The van der Waals surface area contributed by atoms with Gasteiger partial charge in [0.15, 0.2) is 0 Å².